The fourth-order valence-electron chi connectivity index (χ4n) is 2.21. The summed E-state index contributed by atoms with van der Waals surface area (Å²) >= 11 is 2.89. The smallest absolute Gasteiger partial charge is 0.266 e. The monoisotopic (exact) mass is 335 g/mol. The van der Waals surface area contributed by atoms with E-state index in [0.717, 1.165) is 32.0 Å². The number of carbonyl (C=O) groups excluding carboxylic acids is 1. The Hall–Kier alpha value is -1.64. The minimum atomic E-state index is -0.132. The van der Waals surface area contributed by atoms with Crippen LogP contribution in [0.15, 0.2) is 28.7 Å². The van der Waals surface area contributed by atoms with E-state index in [-0.39, 0.29) is 5.91 Å². The Morgan fingerprint density at radius 3 is 2.91 bits per heavy atom. The van der Waals surface area contributed by atoms with Crippen molar-refractivity contribution in [3.63, 3.8) is 0 Å². The number of thioether (sulfide) groups is 1. The summed E-state index contributed by atoms with van der Waals surface area (Å²) in [6.45, 7) is 3.69. The molecule has 0 aliphatic carbocycles. The molecule has 0 radical (unpaired) electrons. The molecule has 2 N–H and O–H groups in total. The molecule has 116 valence electrons. The standard InChI is InChI=1S/C14H17N5OS2/c1-21-14-17-11(16-13(20)10-3-2-8-22-10)9-12(18-14)19-6-4-15-5-7-19/h2-3,8-9,15H,4-7H2,1H3,(H,16,17,18,20). The van der Waals surface area contributed by atoms with Gasteiger partial charge in [0.15, 0.2) is 5.16 Å². The molecular formula is C14H17N5OS2. The van der Waals surface area contributed by atoms with E-state index in [9.17, 15) is 4.79 Å². The van der Waals surface area contributed by atoms with Crippen LogP contribution < -0.4 is 15.5 Å². The molecule has 0 spiro atoms. The van der Waals surface area contributed by atoms with Gasteiger partial charge in [0.05, 0.1) is 4.88 Å². The Bertz CT molecular complexity index is 641. The Balaban J connectivity index is 1.82. The van der Waals surface area contributed by atoms with Crippen molar-refractivity contribution in [1.29, 1.82) is 0 Å². The van der Waals surface area contributed by atoms with Crippen LogP contribution in [-0.4, -0.2) is 48.3 Å². The van der Waals surface area contributed by atoms with E-state index in [1.165, 1.54) is 23.1 Å². The molecule has 0 aromatic carbocycles. The third kappa shape index (κ3) is 3.57. The second kappa shape index (κ2) is 7.08. The van der Waals surface area contributed by atoms with Crippen LogP contribution in [0.3, 0.4) is 0 Å². The van der Waals surface area contributed by atoms with Gasteiger partial charge in [0.25, 0.3) is 5.91 Å². The molecule has 1 aliphatic heterocycles. The summed E-state index contributed by atoms with van der Waals surface area (Å²) in [4.78, 5) is 24.0. The minimum absolute atomic E-state index is 0.132. The molecule has 1 amide bonds. The number of nitrogens with one attached hydrogen (secondary N) is 2. The molecule has 0 atom stereocenters. The number of carbonyl (C=O) groups is 1. The molecule has 2 aromatic rings. The van der Waals surface area contributed by atoms with E-state index in [2.05, 4.69) is 25.5 Å². The number of piperazine rings is 1. The molecule has 8 heteroatoms. The number of amides is 1. The number of hydrogen-bond donors (Lipinski definition) is 2. The Morgan fingerprint density at radius 2 is 2.23 bits per heavy atom. The van der Waals surface area contributed by atoms with Gasteiger partial charge in [-0.3, -0.25) is 4.79 Å². The number of rotatable bonds is 4. The summed E-state index contributed by atoms with van der Waals surface area (Å²) in [7, 11) is 0. The lowest BCUT2D eigenvalue weighted by Crippen LogP contribution is -2.44. The number of nitrogens with zero attached hydrogens (tertiary/aromatic N) is 3. The van der Waals surface area contributed by atoms with Crippen molar-refractivity contribution in [1.82, 2.24) is 15.3 Å². The van der Waals surface area contributed by atoms with Crippen LogP contribution in [0.5, 0.6) is 0 Å². The van der Waals surface area contributed by atoms with E-state index in [1.54, 1.807) is 6.07 Å². The van der Waals surface area contributed by atoms with Gasteiger partial charge in [0.1, 0.15) is 11.6 Å². The van der Waals surface area contributed by atoms with Crippen molar-refractivity contribution in [2.45, 2.75) is 5.16 Å². The average molecular weight is 335 g/mol. The first kappa shape index (κ1) is 15.3. The highest BCUT2D eigenvalue weighted by molar-refractivity contribution is 7.98. The van der Waals surface area contributed by atoms with Gasteiger partial charge in [-0.1, -0.05) is 17.8 Å². The van der Waals surface area contributed by atoms with E-state index >= 15 is 0 Å². The first-order valence-corrected chi connectivity index (χ1v) is 9.10. The fourth-order valence-corrected chi connectivity index (χ4v) is 3.20. The van der Waals surface area contributed by atoms with Crippen LogP contribution >= 0.6 is 23.1 Å². The zero-order valence-electron chi connectivity index (χ0n) is 12.2. The predicted molar refractivity (Wildman–Crippen MR) is 91.2 cm³/mol. The molecule has 3 rings (SSSR count). The second-order valence-electron chi connectivity index (χ2n) is 4.77. The zero-order chi connectivity index (χ0) is 15.4. The lowest BCUT2D eigenvalue weighted by Gasteiger charge is -2.28. The highest BCUT2D eigenvalue weighted by Crippen LogP contribution is 2.21. The maximum atomic E-state index is 12.2. The molecule has 0 saturated carbocycles. The Labute approximate surface area is 137 Å². The summed E-state index contributed by atoms with van der Waals surface area (Å²) in [5.74, 6) is 1.28. The normalized spacial score (nSPS) is 14.9. The minimum Gasteiger partial charge on any atom is -0.354 e. The number of anilines is 2. The average Bonchev–Trinajstić information content (AvgIpc) is 3.10. The van der Waals surface area contributed by atoms with Gasteiger partial charge in [0.2, 0.25) is 0 Å². The Kier molecular flexibility index (Phi) is 4.91. The first-order valence-electron chi connectivity index (χ1n) is 7.00. The van der Waals surface area contributed by atoms with Gasteiger partial charge in [0, 0.05) is 32.2 Å². The molecule has 6 nitrogen and oxygen atoms in total. The van der Waals surface area contributed by atoms with Gasteiger partial charge in [-0.2, -0.15) is 0 Å². The first-order chi connectivity index (χ1) is 10.8. The van der Waals surface area contributed by atoms with Gasteiger partial charge in [-0.25, -0.2) is 9.97 Å². The number of thiophene rings is 1. The van der Waals surface area contributed by atoms with Gasteiger partial charge in [-0.15, -0.1) is 11.3 Å². The molecule has 1 fully saturated rings. The maximum absolute atomic E-state index is 12.2. The van der Waals surface area contributed by atoms with Crippen molar-refractivity contribution in [2.75, 3.05) is 42.7 Å². The SMILES string of the molecule is CSc1nc(NC(=O)c2cccs2)cc(N2CCNCC2)n1. The van der Waals surface area contributed by atoms with Crippen LogP contribution in [0.25, 0.3) is 0 Å². The number of hydrogen-bond acceptors (Lipinski definition) is 7. The van der Waals surface area contributed by atoms with Gasteiger partial charge in [-0.05, 0) is 17.7 Å². The largest absolute Gasteiger partial charge is 0.354 e. The lowest BCUT2D eigenvalue weighted by molar-refractivity contribution is 0.103. The molecule has 0 bridgehead atoms. The summed E-state index contributed by atoms with van der Waals surface area (Å²) in [5.41, 5.74) is 0. The predicted octanol–water partition coefficient (Wildman–Crippen LogP) is 1.92. The van der Waals surface area contributed by atoms with E-state index in [1.807, 2.05) is 23.8 Å². The van der Waals surface area contributed by atoms with Gasteiger partial charge < -0.3 is 15.5 Å². The van der Waals surface area contributed by atoms with E-state index < -0.39 is 0 Å². The molecule has 1 saturated heterocycles. The highest BCUT2D eigenvalue weighted by Gasteiger charge is 2.16. The van der Waals surface area contributed by atoms with E-state index in [4.69, 9.17) is 0 Å². The third-order valence-corrected chi connectivity index (χ3v) is 4.72. The molecule has 0 unspecified atom stereocenters. The molecular weight excluding hydrogens is 318 g/mol. The van der Waals surface area contributed by atoms with Crippen LogP contribution in [0, 0.1) is 0 Å². The van der Waals surface area contributed by atoms with Crippen LogP contribution in [0.1, 0.15) is 9.67 Å². The zero-order valence-corrected chi connectivity index (χ0v) is 13.8. The second-order valence-corrected chi connectivity index (χ2v) is 6.49. The van der Waals surface area contributed by atoms with Crippen molar-refractivity contribution >= 4 is 40.6 Å². The molecule has 2 aromatic heterocycles. The van der Waals surface area contributed by atoms with Crippen molar-refractivity contribution in [2.24, 2.45) is 0 Å². The van der Waals surface area contributed by atoms with Crippen LogP contribution in [0.2, 0.25) is 0 Å². The quantitative estimate of drug-likeness (QED) is 0.657. The fraction of sp³-hybridized carbons (Fsp3) is 0.357. The topological polar surface area (TPSA) is 70.2 Å². The van der Waals surface area contributed by atoms with Crippen molar-refractivity contribution in [3.05, 3.63) is 28.5 Å². The highest BCUT2D eigenvalue weighted by atomic mass is 32.2. The molecule has 22 heavy (non-hydrogen) atoms. The summed E-state index contributed by atoms with van der Waals surface area (Å²) in [6, 6.07) is 5.50. The summed E-state index contributed by atoms with van der Waals surface area (Å²) < 4.78 is 0. The lowest BCUT2D eigenvalue weighted by atomic mass is 10.3. The Morgan fingerprint density at radius 1 is 1.41 bits per heavy atom. The van der Waals surface area contributed by atoms with Crippen LogP contribution in [-0.2, 0) is 0 Å². The number of aromatic nitrogens is 2. The maximum Gasteiger partial charge on any atom is 0.266 e. The summed E-state index contributed by atoms with van der Waals surface area (Å²) in [5, 5.41) is 8.73. The van der Waals surface area contributed by atoms with Crippen molar-refractivity contribution in [3.8, 4) is 0 Å². The van der Waals surface area contributed by atoms with E-state index in [0.29, 0.717) is 15.9 Å². The third-order valence-electron chi connectivity index (χ3n) is 3.30. The van der Waals surface area contributed by atoms with Crippen LogP contribution in [0.4, 0.5) is 11.6 Å². The molecule has 3 heterocycles. The molecule has 1 aliphatic rings. The van der Waals surface area contributed by atoms with Gasteiger partial charge >= 0.3 is 0 Å². The van der Waals surface area contributed by atoms with Crippen molar-refractivity contribution < 1.29 is 4.79 Å². The summed E-state index contributed by atoms with van der Waals surface area (Å²) in [6.07, 6.45) is 1.93.